The van der Waals surface area contributed by atoms with E-state index in [0.717, 1.165) is 17.5 Å². The van der Waals surface area contributed by atoms with Gasteiger partial charge in [-0.3, -0.25) is 0 Å². The van der Waals surface area contributed by atoms with Gasteiger partial charge in [-0.25, -0.2) is 4.79 Å². The van der Waals surface area contributed by atoms with E-state index in [2.05, 4.69) is 55.4 Å². The number of nitrogens with one attached hydrogen (secondary N) is 3. The number of aromatic amines is 1. The summed E-state index contributed by atoms with van der Waals surface area (Å²) in [6, 6.07) is 4.40. The quantitative estimate of drug-likeness (QED) is 0.789. The zero-order chi connectivity index (χ0) is 15.6. The Kier molecular flexibility index (Phi) is 4.56. The molecule has 2 aromatic rings. The molecule has 0 unspecified atom stereocenters. The fourth-order valence-electron chi connectivity index (χ4n) is 2.48. The monoisotopic (exact) mass is 287 g/mol. The van der Waals surface area contributed by atoms with Crippen molar-refractivity contribution in [2.45, 2.75) is 53.6 Å². The first kappa shape index (κ1) is 15.4. The molecule has 0 saturated carbocycles. The third-order valence-electron chi connectivity index (χ3n) is 4.07. The van der Waals surface area contributed by atoms with Gasteiger partial charge in [0.15, 0.2) is 0 Å². The molecule has 1 aromatic carbocycles. The summed E-state index contributed by atoms with van der Waals surface area (Å²) in [5.41, 5.74) is 5.92. The van der Waals surface area contributed by atoms with Gasteiger partial charge in [0.05, 0.1) is 5.52 Å². The number of fused-ring (bicyclic) bond motifs is 1. The highest BCUT2D eigenvalue weighted by Gasteiger charge is 2.11. The van der Waals surface area contributed by atoms with Crippen molar-refractivity contribution < 1.29 is 4.79 Å². The van der Waals surface area contributed by atoms with Gasteiger partial charge in [0.2, 0.25) is 0 Å². The van der Waals surface area contributed by atoms with Crippen LogP contribution in [0.4, 0.5) is 4.79 Å². The van der Waals surface area contributed by atoms with Crippen LogP contribution in [-0.2, 0) is 6.54 Å². The van der Waals surface area contributed by atoms with E-state index in [4.69, 9.17) is 0 Å². The summed E-state index contributed by atoms with van der Waals surface area (Å²) in [5.74, 6) is 0. The minimum absolute atomic E-state index is 0.112. The van der Waals surface area contributed by atoms with E-state index in [-0.39, 0.29) is 12.1 Å². The van der Waals surface area contributed by atoms with Crippen molar-refractivity contribution in [3.63, 3.8) is 0 Å². The molecule has 2 amide bonds. The topological polar surface area (TPSA) is 56.9 Å². The van der Waals surface area contributed by atoms with E-state index < -0.39 is 0 Å². The molecule has 1 atom stereocenters. The lowest BCUT2D eigenvalue weighted by atomic mass is 10.0. The van der Waals surface area contributed by atoms with Crippen molar-refractivity contribution >= 4 is 16.9 Å². The lowest BCUT2D eigenvalue weighted by Gasteiger charge is -2.13. The normalized spacial score (nSPS) is 12.4. The smallest absolute Gasteiger partial charge is 0.315 e. The third-order valence-corrected chi connectivity index (χ3v) is 4.07. The highest BCUT2D eigenvalue weighted by Crippen LogP contribution is 2.25. The molecule has 114 valence electrons. The summed E-state index contributed by atoms with van der Waals surface area (Å²) in [5, 5.41) is 7.10. The van der Waals surface area contributed by atoms with Crippen molar-refractivity contribution in [1.29, 1.82) is 0 Å². The average Bonchev–Trinajstić information content (AvgIpc) is 2.72. The second-order valence-electron chi connectivity index (χ2n) is 5.86. The number of carbonyl (C=O) groups is 1. The summed E-state index contributed by atoms with van der Waals surface area (Å²) in [4.78, 5) is 15.3. The predicted octanol–water partition coefficient (Wildman–Crippen LogP) is 3.69. The van der Waals surface area contributed by atoms with Gasteiger partial charge >= 0.3 is 6.03 Å². The Hall–Kier alpha value is -1.97. The summed E-state index contributed by atoms with van der Waals surface area (Å²) < 4.78 is 0. The van der Waals surface area contributed by atoms with Crippen molar-refractivity contribution in [2.75, 3.05) is 0 Å². The highest BCUT2D eigenvalue weighted by atomic mass is 16.2. The molecule has 4 heteroatoms. The van der Waals surface area contributed by atoms with Gasteiger partial charge in [0, 0.05) is 23.7 Å². The van der Waals surface area contributed by atoms with Gasteiger partial charge in [-0.1, -0.05) is 18.6 Å². The lowest BCUT2D eigenvalue weighted by molar-refractivity contribution is 0.237. The fourth-order valence-corrected chi connectivity index (χ4v) is 2.48. The van der Waals surface area contributed by atoms with Crippen LogP contribution in [0, 0.1) is 20.8 Å². The van der Waals surface area contributed by atoms with Crippen LogP contribution in [0.3, 0.4) is 0 Å². The first-order chi connectivity index (χ1) is 9.92. The fraction of sp³-hybridized carbons (Fsp3) is 0.471. The maximum atomic E-state index is 11.8. The van der Waals surface area contributed by atoms with Crippen LogP contribution in [0.2, 0.25) is 0 Å². The minimum Gasteiger partial charge on any atom is -0.358 e. The first-order valence-electron chi connectivity index (χ1n) is 7.55. The van der Waals surface area contributed by atoms with Gasteiger partial charge in [-0.2, -0.15) is 0 Å². The standard InChI is InChI=1S/C17H25N3O/c1-6-11(3)19-17(21)18-9-14-7-10(2)8-15-12(4)13(5)20-16(14)15/h7-8,11,20H,6,9H2,1-5H3,(H2,18,19,21)/t11-/m0/s1. The van der Waals surface area contributed by atoms with E-state index in [1.165, 1.54) is 22.2 Å². The van der Waals surface area contributed by atoms with Crippen molar-refractivity contribution in [1.82, 2.24) is 15.6 Å². The SMILES string of the molecule is CC[C@H](C)NC(=O)NCc1cc(C)cc2c(C)c(C)[nH]c12. The molecular weight excluding hydrogens is 262 g/mol. The molecule has 4 nitrogen and oxygen atoms in total. The summed E-state index contributed by atoms with van der Waals surface area (Å²) in [6.45, 7) is 10.9. The zero-order valence-electron chi connectivity index (χ0n) is 13.6. The maximum absolute atomic E-state index is 11.8. The first-order valence-corrected chi connectivity index (χ1v) is 7.55. The molecule has 0 aliphatic rings. The van der Waals surface area contributed by atoms with Gasteiger partial charge in [-0.05, 0) is 51.3 Å². The van der Waals surface area contributed by atoms with Gasteiger partial charge in [-0.15, -0.1) is 0 Å². The van der Waals surface area contributed by atoms with E-state index in [1.54, 1.807) is 0 Å². The average molecular weight is 287 g/mol. The molecule has 0 saturated heterocycles. The van der Waals surface area contributed by atoms with Crippen LogP contribution in [0.1, 0.15) is 42.7 Å². The van der Waals surface area contributed by atoms with Crippen molar-refractivity contribution in [3.8, 4) is 0 Å². The summed E-state index contributed by atoms with van der Waals surface area (Å²) in [6.07, 6.45) is 0.928. The maximum Gasteiger partial charge on any atom is 0.315 e. The minimum atomic E-state index is -0.112. The second-order valence-corrected chi connectivity index (χ2v) is 5.86. The number of rotatable bonds is 4. The summed E-state index contributed by atoms with van der Waals surface area (Å²) in [7, 11) is 0. The molecule has 0 aliphatic carbocycles. The highest BCUT2D eigenvalue weighted by molar-refractivity contribution is 5.88. The van der Waals surface area contributed by atoms with Crippen LogP contribution in [0.5, 0.6) is 0 Å². The van der Waals surface area contributed by atoms with Crippen LogP contribution in [0.15, 0.2) is 12.1 Å². The van der Waals surface area contributed by atoms with Crippen molar-refractivity contribution in [2.24, 2.45) is 0 Å². The Labute approximate surface area is 126 Å². The number of H-pyrrole nitrogens is 1. The van der Waals surface area contributed by atoms with Crippen LogP contribution < -0.4 is 10.6 Å². The van der Waals surface area contributed by atoms with Crippen LogP contribution in [0.25, 0.3) is 10.9 Å². The van der Waals surface area contributed by atoms with E-state index in [9.17, 15) is 4.79 Å². The van der Waals surface area contributed by atoms with Crippen LogP contribution >= 0.6 is 0 Å². The number of carbonyl (C=O) groups excluding carboxylic acids is 1. The molecule has 1 heterocycles. The molecule has 0 radical (unpaired) electrons. The van der Waals surface area contributed by atoms with Gasteiger partial charge < -0.3 is 15.6 Å². The number of aryl methyl sites for hydroxylation is 3. The van der Waals surface area contributed by atoms with Gasteiger partial charge in [0.25, 0.3) is 0 Å². The molecular formula is C17H25N3O. The number of benzene rings is 1. The number of hydrogen-bond acceptors (Lipinski definition) is 1. The molecule has 2 rings (SSSR count). The molecule has 0 aliphatic heterocycles. The molecule has 0 bridgehead atoms. The Morgan fingerprint density at radius 1 is 1.29 bits per heavy atom. The zero-order valence-corrected chi connectivity index (χ0v) is 13.6. The lowest BCUT2D eigenvalue weighted by Crippen LogP contribution is -2.40. The predicted molar refractivity (Wildman–Crippen MR) is 87.6 cm³/mol. The third kappa shape index (κ3) is 3.38. The number of hydrogen-bond donors (Lipinski definition) is 3. The second kappa shape index (κ2) is 6.20. The number of urea groups is 1. The Balaban J connectivity index is 2.19. The van der Waals surface area contributed by atoms with E-state index in [1.807, 2.05) is 6.92 Å². The van der Waals surface area contributed by atoms with Crippen LogP contribution in [-0.4, -0.2) is 17.1 Å². The summed E-state index contributed by atoms with van der Waals surface area (Å²) >= 11 is 0. The molecule has 21 heavy (non-hydrogen) atoms. The Morgan fingerprint density at radius 3 is 2.67 bits per heavy atom. The van der Waals surface area contributed by atoms with E-state index >= 15 is 0 Å². The van der Waals surface area contributed by atoms with Gasteiger partial charge in [0.1, 0.15) is 0 Å². The molecule has 1 aromatic heterocycles. The Bertz CT molecular complexity index is 658. The Morgan fingerprint density at radius 2 is 2.00 bits per heavy atom. The number of aromatic nitrogens is 1. The molecule has 0 spiro atoms. The van der Waals surface area contributed by atoms with E-state index in [0.29, 0.717) is 6.54 Å². The largest absolute Gasteiger partial charge is 0.358 e. The molecule has 0 fully saturated rings. The van der Waals surface area contributed by atoms with Crippen molar-refractivity contribution in [3.05, 3.63) is 34.5 Å². The number of amides is 2. The molecule has 3 N–H and O–H groups in total.